The average molecular weight is 400 g/mol. The molecule has 0 atom stereocenters. The fourth-order valence-corrected chi connectivity index (χ4v) is 5.55. The van der Waals surface area contributed by atoms with Gasteiger partial charge in [0.05, 0.1) is 12.8 Å². The summed E-state index contributed by atoms with van der Waals surface area (Å²) in [7, 11) is 1.70. The number of hydrogen-bond donors (Lipinski definition) is 0. The molecule has 4 aromatic carbocycles. The maximum absolute atomic E-state index is 13.5. The number of anilines is 3. The molecule has 0 unspecified atom stereocenters. The molecule has 0 N–H and O–H groups in total. The third kappa shape index (κ3) is 2.79. The van der Waals surface area contributed by atoms with Gasteiger partial charge in [-0.15, -0.1) is 0 Å². The molecule has 1 aliphatic rings. The maximum Gasteiger partial charge on any atom is 0.182 e. The largest absolute Gasteiger partial charge is 0.606 e. The van der Waals surface area contributed by atoms with Gasteiger partial charge in [0.15, 0.2) is 9.79 Å². The van der Waals surface area contributed by atoms with E-state index in [1.165, 1.54) is 0 Å². The topological polar surface area (TPSA) is 35.5 Å². The summed E-state index contributed by atoms with van der Waals surface area (Å²) in [4.78, 5) is 3.86. The highest BCUT2D eigenvalue weighted by Gasteiger charge is 2.36. The Labute approximate surface area is 173 Å². The molecule has 144 valence electrons. The molecule has 3 nitrogen and oxygen atoms in total. The predicted octanol–water partition coefficient (Wildman–Crippen LogP) is 6.42. The van der Waals surface area contributed by atoms with Crippen LogP contribution in [0.4, 0.5) is 17.1 Å². The first kappa shape index (κ1) is 18.1. The van der Waals surface area contributed by atoms with E-state index >= 15 is 0 Å². The molecule has 0 spiro atoms. The van der Waals surface area contributed by atoms with Crippen LogP contribution in [0.3, 0.4) is 0 Å². The van der Waals surface area contributed by atoms with Gasteiger partial charge in [-0.1, -0.05) is 42.5 Å². The Balaban J connectivity index is 1.90. The van der Waals surface area contributed by atoms with Crippen LogP contribution in [0.2, 0.25) is 0 Å². The van der Waals surface area contributed by atoms with Crippen LogP contribution in [0, 0.1) is 13.8 Å². The molecule has 0 amide bonds. The van der Waals surface area contributed by atoms with Crippen LogP contribution in [-0.2, 0) is 11.2 Å². The van der Waals surface area contributed by atoms with Crippen LogP contribution in [-0.4, -0.2) is 11.7 Å². The first-order valence-corrected chi connectivity index (χ1v) is 10.7. The van der Waals surface area contributed by atoms with E-state index in [0.29, 0.717) is 0 Å². The van der Waals surface area contributed by atoms with Crippen LogP contribution in [0.25, 0.3) is 10.8 Å². The van der Waals surface area contributed by atoms with Crippen LogP contribution >= 0.6 is 0 Å². The minimum atomic E-state index is -1.23. The van der Waals surface area contributed by atoms with Crippen molar-refractivity contribution in [3.05, 3.63) is 83.9 Å². The Morgan fingerprint density at radius 1 is 0.793 bits per heavy atom. The zero-order chi connectivity index (χ0) is 20.1. The number of ether oxygens (including phenoxy) is 1. The van der Waals surface area contributed by atoms with Crippen molar-refractivity contribution < 1.29 is 9.29 Å². The summed E-state index contributed by atoms with van der Waals surface area (Å²) >= 11 is -1.23. The van der Waals surface area contributed by atoms with E-state index in [9.17, 15) is 4.55 Å². The Morgan fingerprint density at radius 2 is 1.41 bits per heavy atom. The molecule has 1 aliphatic heterocycles. The van der Waals surface area contributed by atoms with Crippen molar-refractivity contribution >= 4 is 39.0 Å². The maximum atomic E-state index is 13.5. The minimum Gasteiger partial charge on any atom is -0.606 e. The summed E-state index contributed by atoms with van der Waals surface area (Å²) in [6, 6.07) is 24.7. The number of nitrogens with zero attached hydrogens (tertiary/aromatic N) is 1. The third-order valence-electron chi connectivity index (χ3n) is 5.42. The molecular weight excluding hydrogens is 378 g/mol. The van der Waals surface area contributed by atoms with Gasteiger partial charge in [-0.3, -0.25) is 4.90 Å². The summed E-state index contributed by atoms with van der Waals surface area (Å²) in [6.07, 6.45) is 0. The lowest BCUT2D eigenvalue weighted by Crippen LogP contribution is -2.23. The number of benzene rings is 4. The molecule has 0 radical (unpaired) electrons. The van der Waals surface area contributed by atoms with E-state index in [1.54, 1.807) is 7.11 Å². The lowest BCUT2D eigenvalue weighted by atomic mass is 10.0. The van der Waals surface area contributed by atoms with E-state index in [2.05, 4.69) is 47.4 Å². The lowest BCUT2D eigenvalue weighted by molar-refractivity contribution is 0.416. The average Bonchev–Trinajstić information content (AvgIpc) is 2.74. The fourth-order valence-electron chi connectivity index (χ4n) is 4.03. The van der Waals surface area contributed by atoms with Crippen molar-refractivity contribution in [1.29, 1.82) is 0 Å². The van der Waals surface area contributed by atoms with Gasteiger partial charge < -0.3 is 9.29 Å². The van der Waals surface area contributed by atoms with Gasteiger partial charge in [-0.05, 0) is 60.7 Å². The Morgan fingerprint density at radius 3 is 2.03 bits per heavy atom. The second-order valence-electron chi connectivity index (χ2n) is 7.38. The van der Waals surface area contributed by atoms with Gasteiger partial charge in [0.2, 0.25) is 0 Å². The van der Waals surface area contributed by atoms with Crippen molar-refractivity contribution in [3.63, 3.8) is 0 Å². The standard InChI is InChI=1S/C25H21NO2S/c1-16-8-11-20-23(14-16)29(27)24-15-17(2)9-12-21(24)26(20)25-19-7-5-4-6-18(19)10-13-22(25)28-3/h4-15H,1-3H3. The first-order valence-electron chi connectivity index (χ1n) is 9.57. The Bertz CT molecular complexity index is 1200. The number of aryl methyl sites for hydroxylation is 2. The van der Waals surface area contributed by atoms with E-state index < -0.39 is 11.2 Å². The summed E-state index contributed by atoms with van der Waals surface area (Å²) in [5.41, 5.74) is 5.02. The van der Waals surface area contributed by atoms with E-state index in [-0.39, 0.29) is 0 Å². The number of hydrogen-bond acceptors (Lipinski definition) is 3. The minimum absolute atomic E-state index is 0.787. The summed E-state index contributed by atoms with van der Waals surface area (Å²) < 4.78 is 19.3. The van der Waals surface area contributed by atoms with Crippen LogP contribution in [0.15, 0.2) is 82.6 Å². The first-order chi connectivity index (χ1) is 14.1. The number of rotatable bonds is 2. The normalized spacial score (nSPS) is 13.3. The molecule has 0 bridgehead atoms. The fraction of sp³-hybridized carbons (Fsp3) is 0.120. The molecule has 0 fully saturated rings. The predicted molar refractivity (Wildman–Crippen MR) is 119 cm³/mol. The highest BCUT2D eigenvalue weighted by Crippen LogP contribution is 2.52. The monoisotopic (exact) mass is 399 g/mol. The van der Waals surface area contributed by atoms with Crippen LogP contribution < -0.4 is 9.64 Å². The van der Waals surface area contributed by atoms with Crippen molar-refractivity contribution in [2.24, 2.45) is 0 Å². The van der Waals surface area contributed by atoms with Crippen molar-refractivity contribution in [2.45, 2.75) is 23.6 Å². The van der Waals surface area contributed by atoms with Gasteiger partial charge in [0.25, 0.3) is 0 Å². The Hall–Kier alpha value is -2.95. The second-order valence-corrected chi connectivity index (χ2v) is 8.80. The highest BCUT2D eigenvalue weighted by molar-refractivity contribution is 7.92. The molecule has 0 saturated heterocycles. The zero-order valence-corrected chi connectivity index (χ0v) is 17.4. The van der Waals surface area contributed by atoms with Crippen molar-refractivity contribution in [1.82, 2.24) is 0 Å². The zero-order valence-electron chi connectivity index (χ0n) is 16.6. The van der Waals surface area contributed by atoms with E-state index in [1.807, 2.05) is 44.2 Å². The van der Waals surface area contributed by atoms with Crippen molar-refractivity contribution in [3.8, 4) is 5.75 Å². The third-order valence-corrected chi connectivity index (χ3v) is 6.87. The molecule has 0 aliphatic carbocycles. The molecule has 0 saturated carbocycles. The second kappa shape index (κ2) is 6.83. The molecule has 1 heterocycles. The quantitative estimate of drug-likeness (QED) is 0.365. The Kier molecular flexibility index (Phi) is 4.26. The molecule has 5 rings (SSSR count). The molecule has 4 aromatic rings. The van der Waals surface area contributed by atoms with Crippen molar-refractivity contribution in [2.75, 3.05) is 12.0 Å². The SMILES string of the molecule is COc1ccc2ccccc2c1N1c2ccc(C)cc2[S+]([O-])c2cc(C)ccc21. The van der Waals surface area contributed by atoms with Gasteiger partial charge in [-0.25, -0.2) is 0 Å². The van der Waals surface area contributed by atoms with E-state index in [4.69, 9.17) is 4.74 Å². The van der Waals surface area contributed by atoms with Crippen LogP contribution in [0.5, 0.6) is 5.75 Å². The number of fused-ring (bicyclic) bond motifs is 3. The highest BCUT2D eigenvalue weighted by atomic mass is 32.2. The molecule has 4 heteroatoms. The lowest BCUT2D eigenvalue weighted by Gasteiger charge is -2.34. The number of methoxy groups -OCH3 is 1. The molecule has 0 aromatic heterocycles. The van der Waals surface area contributed by atoms with Crippen LogP contribution in [0.1, 0.15) is 11.1 Å². The summed E-state index contributed by atoms with van der Waals surface area (Å²) in [5.74, 6) is 0.787. The van der Waals surface area contributed by atoms with Gasteiger partial charge in [0.1, 0.15) is 17.1 Å². The molecule has 29 heavy (non-hydrogen) atoms. The molecular formula is C25H21NO2S. The summed E-state index contributed by atoms with van der Waals surface area (Å²) in [6.45, 7) is 4.07. The van der Waals surface area contributed by atoms with Gasteiger partial charge in [0, 0.05) is 16.6 Å². The summed E-state index contributed by atoms with van der Waals surface area (Å²) in [5, 5.41) is 2.23. The smallest absolute Gasteiger partial charge is 0.182 e. The van der Waals surface area contributed by atoms with E-state index in [0.717, 1.165) is 54.5 Å². The van der Waals surface area contributed by atoms with Gasteiger partial charge >= 0.3 is 0 Å². The van der Waals surface area contributed by atoms with Gasteiger partial charge in [-0.2, -0.15) is 0 Å².